The minimum absolute atomic E-state index is 0.0137. The molecule has 0 spiro atoms. The summed E-state index contributed by atoms with van der Waals surface area (Å²) < 4.78 is 1.86. The van der Waals surface area contributed by atoms with Gasteiger partial charge in [0.25, 0.3) is 0 Å². The van der Waals surface area contributed by atoms with Crippen LogP contribution in [-0.4, -0.2) is 46.1 Å². The van der Waals surface area contributed by atoms with E-state index in [0.29, 0.717) is 18.9 Å². The molecule has 7 heteroatoms. The van der Waals surface area contributed by atoms with Gasteiger partial charge < -0.3 is 16.0 Å². The molecular weight excluding hydrogens is 282 g/mol. The molecule has 0 radical (unpaired) electrons. The van der Waals surface area contributed by atoms with Gasteiger partial charge in [-0.15, -0.1) is 0 Å². The molecule has 2 rings (SSSR count). The monoisotopic (exact) mass is 307 g/mol. The van der Waals surface area contributed by atoms with Crippen molar-refractivity contribution < 1.29 is 9.59 Å². The van der Waals surface area contributed by atoms with E-state index in [0.717, 1.165) is 12.8 Å². The Balaban J connectivity index is 2.02. The van der Waals surface area contributed by atoms with E-state index >= 15 is 0 Å². The van der Waals surface area contributed by atoms with Crippen molar-refractivity contribution >= 4 is 17.6 Å². The summed E-state index contributed by atoms with van der Waals surface area (Å²) in [5.74, 6) is 0.661. The minimum atomic E-state index is -0.452. The molecule has 2 amide bonds. The van der Waals surface area contributed by atoms with Gasteiger partial charge in [-0.2, -0.15) is 5.10 Å². The molecule has 0 aliphatic carbocycles. The SMILES string of the molecule is CC(C)(C)C(=O)Nc1ccnn1C1CCN(C(=O)CN)CC1. The molecule has 1 aliphatic rings. The molecule has 1 aromatic rings. The van der Waals surface area contributed by atoms with Crippen molar-refractivity contribution in [3.05, 3.63) is 12.3 Å². The van der Waals surface area contributed by atoms with Crippen LogP contribution >= 0.6 is 0 Å². The molecule has 1 aromatic heterocycles. The zero-order chi connectivity index (χ0) is 16.3. The predicted molar refractivity (Wildman–Crippen MR) is 84.2 cm³/mol. The lowest BCUT2D eigenvalue weighted by Crippen LogP contribution is -2.42. The van der Waals surface area contributed by atoms with Gasteiger partial charge in [0.1, 0.15) is 5.82 Å². The fraction of sp³-hybridized carbons (Fsp3) is 0.667. The third-order valence-electron chi connectivity index (χ3n) is 3.93. The Bertz CT molecular complexity index is 538. The van der Waals surface area contributed by atoms with Crippen LogP contribution in [0.3, 0.4) is 0 Å². The molecule has 1 saturated heterocycles. The van der Waals surface area contributed by atoms with Crippen molar-refractivity contribution in [2.45, 2.75) is 39.7 Å². The van der Waals surface area contributed by atoms with Crippen LogP contribution in [0.1, 0.15) is 39.7 Å². The van der Waals surface area contributed by atoms with E-state index in [1.54, 1.807) is 17.2 Å². The number of hydrogen-bond donors (Lipinski definition) is 2. The number of anilines is 1. The maximum absolute atomic E-state index is 12.1. The van der Waals surface area contributed by atoms with E-state index in [1.165, 1.54) is 0 Å². The number of nitrogens with one attached hydrogen (secondary N) is 1. The van der Waals surface area contributed by atoms with Gasteiger partial charge in [0, 0.05) is 24.6 Å². The minimum Gasteiger partial charge on any atom is -0.341 e. The summed E-state index contributed by atoms with van der Waals surface area (Å²) in [7, 11) is 0. The molecule has 1 fully saturated rings. The number of nitrogens with zero attached hydrogens (tertiary/aromatic N) is 3. The normalized spacial score (nSPS) is 16.6. The van der Waals surface area contributed by atoms with Crippen LogP contribution in [-0.2, 0) is 9.59 Å². The number of rotatable bonds is 3. The molecule has 122 valence electrons. The first-order valence-corrected chi connectivity index (χ1v) is 7.65. The van der Waals surface area contributed by atoms with E-state index < -0.39 is 5.41 Å². The van der Waals surface area contributed by atoms with Crippen molar-refractivity contribution in [3.63, 3.8) is 0 Å². The van der Waals surface area contributed by atoms with E-state index in [1.807, 2.05) is 25.5 Å². The van der Waals surface area contributed by atoms with Crippen LogP contribution in [0.15, 0.2) is 12.3 Å². The Morgan fingerprint density at radius 1 is 1.36 bits per heavy atom. The lowest BCUT2D eigenvalue weighted by molar-refractivity contribution is -0.131. The average Bonchev–Trinajstić information content (AvgIpc) is 2.93. The van der Waals surface area contributed by atoms with E-state index in [9.17, 15) is 9.59 Å². The van der Waals surface area contributed by atoms with Gasteiger partial charge in [0.2, 0.25) is 11.8 Å². The Hall–Kier alpha value is -1.89. The number of carbonyl (C=O) groups excluding carboxylic acids is 2. The summed E-state index contributed by atoms with van der Waals surface area (Å²) in [5.41, 5.74) is 4.94. The summed E-state index contributed by atoms with van der Waals surface area (Å²) in [5, 5.41) is 7.27. The molecule has 3 N–H and O–H groups in total. The Labute approximate surface area is 130 Å². The van der Waals surface area contributed by atoms with Gasteiger partial charge >= 0.3 is 0 Å². The first kappa shape index (κ1) is 16.5. The topological polar surface area (TPSA) is 93.2 Å². The van der Waals surface area contributed by atoms with Crippen molar-refractivity contribution in [2.75, 3.05) is 25.0 Å². The number of piperidine rings is 1. The first-order chi connectivity index (χ1) is 10.3. The molecule has 0 atom stereocenters. The fourth-order valence-corrected chi connectivity index (χ4v) is 2.50. The Morgan fingerprint density at radius 3 is 2.55 bits per heavy atom. The highest BCUT2D eigenvalue weighted by molar-refractivity contribution is 5.93. The smallest absolute Gasteiger partial charge is 0.236 e. The van der Waals surface area contributed by atoms with E-state index in [-0.39, 0.29) is 24.4 Å². The second kappa shape index (κ2) is 6.48. The lowest BCUT2D eigenvalue weighted by atomic mass is 9.96. The number of likely N-dealkylation sites (tertiary alicyclic amines) is 1. The number of nitrogens with two attached hydrogens (primary N) is 1. The van der Waals surface area contributed by atoms with Crippen LogP contribution in [0, 0.1) is 5.41 Å². The van der Waals surface area contributed by atoms with E-state index in [2.05, 4.69) is 10.4 Å². The zero-order valence-electron chi connectivity index (χ0n) is 13.5. The average molecular weight is 307 g/mol. The number of hydrogen-bond acceptors (Lipinski definition) is 4. The Kier molecular flexibility index (Phi) is 4.85. The van der Waals surface area contributed by atoms with E-state index in [4.69, 9.17) is 5.73 Å². The molecule has 0 unspecified atom stereocenters. The predicted octanol–water partition coefficient (Wildman–Crippen LogP) is 0.990. The van der Waals surface area contributed by atoms with Gasteiger partial charge in [-0.3, -0.25) is 9.59 Å². The highest BCUT2D eigenvalue weighted by atomic mass is 16.2. The largest absolute Gasteiger partial charge is 0.341 e. The molecule has 7 nitrogen and oxygen atoms in total. The van der Waals surface area contributed by atoms with Gasteiger partial charge in [-0.25, -0.2) is 4.68 Å². The summed E-state index contributed by atoms with van der Waals surface area (Å²) in [6.45, 7) is 7.03. The molecule has 2 heterocycles. The standard InChI is InChI=1S/C15H25N5O2/c1-15(2,3)14(22)18-12-4-7-17-20(12)11-5-8-19(9-6-11)13(21)10-16/h4,7,11H,5-6,8-10,16H2,1-3H3,(H,18,22). The summed E-state index contributed by atoms with van der Waals surface area (Å²) >= 11 is 0. The highest BCUT2D eigenvalue weighted by Crippen LogP contribution is 2.26. The summed E-state index contributed by atoms with van der Waals surface area (Å²) in [6.07, 6.45) is 3.31. The van der Waals surface area contributed by atoms with Gasteiger partial charge in [0.05, 0.1) is 18.8 Å². The van der Waals surface area contributed by atoms with Crippen LogP contribution in [0.5, 0.6) is 0 Å². The van der Waals surface area contributed by atoms with Crippen LogP contribution in [0.4, 0.5) is 5.82 Å². The Morgan fingerprint density at radius 2 is 2.00 bits per heavy atom. The van der Waals surface area contributed by atoms with Crippen LogP contribution in [0.2, 0.25) is 0 Å². The molecule has 22 heavy (non-hydrogen) atoms. The zero-order valence-corrected chi connectivity index (χ0v) is 13.5. The van der Waals surface area contributed by atoms with Gasteiger partial charge in [-0.05, 0) is 12.8 Å². The summed E-state index contributed by atoms with van der Waals surface area (Å²) in [6, 6.07) is 1.99. The van der Waals surface area contributed by atoms with Gasteiger partial charge in [0.15, 0.2) is 0 Å². The number of carbonyl (C=O) groups is 2. The fourth-order valence-electron chi connectivity index (χ4n) is 2.50. The van der Waals surface area contributed by atoms with Crippen molar-refractivity contribution in [1.82, 2.24) is 14.7 Å². The third kappa shape index (κ3) is 3.65. The molecule has 1 aliphatic heterocycles. The van der Waals surface area contributed by atoms with Crippen LogP contribution < -0.4 is 11.1 Å². The van der Waals surface area contributed by atoms with Gasteiger partial charge in [-0.1, -0.05) is 20.8 Å². The quantitative estimate of drug-likeness (QED) is 0.871. The molecule has 0 aromatic carbocycles. The van der Waals surface area contributed by atoms with Crippen LogP contribution in [0.25, 0.3) is 0 Å². The second-order valence-corrected chi connectivity index (χ2v) is 6.68. The maximum Gasteiger partial charge on any atom is 0.236 e. The highest BCUT2D eigenvalue weighted by Gasteiger charge is 2.27. The van der Waals surface area contributed by atoms with Crippen molar-refractivity contribution in [1.29, 1.82) is 0 Å². The number of amides is 2. The lowest BCUT2D eigenvalue weighted by Gasteiger charge is -2.32. The summed E-state index contributed by atoms with van der Waals surface area (Å²) in [4.78, 5) is 25.5. The maximum atomic E-state index is 12.1. The third-order valence-corrected chi connectivity index (χ3v) is 3.93. The number of aromatic nitrogens is 2. The van der Waals surface area contributed by atoms with Crippen molar-refractivity contribution in [2.24, 2.45) is 11.1 Å². The molecule has 0 saturated carbocycles. The molecular formula is C15H25N5O2. The van der Waals surface area contributed by atoms with Crippen molar-refractivity contribution in [3.8, 4) is 0 Å². The first-order valence-electron chi connectivity index (χ1n) is 7.65. The second-order valence-electron chi connectivity index (χ2n) is 6.68. The molecule has 0 bridgehead atoms.